The van der Waals surface area contributed by atoms with Gasteiger partial charge in [-0.2, -0.15) is 0 Å². The third-order valence-corrected chi connectivity index (χ3v) is 16.2. The molecule has 0 spiro atoms. The van der Waals surface area contributed by atoms with Crippen LogP contribution >= 0.6 is 11.3 Å². The van der Waals surface area contributed by atoms with Crippen molar-refractivity contribution >= 4 is 59.7 Å². The van der Waals surface area contributed by atoms with Gasteiger partial charge in [0.1, 0.15) is 0 Å². The maximum atomic E-state index is 2.53. The van der Waals surface area contributed by atoms with Crippen LogP contribution in [-0.2, 0) is 10.8 Å². The predicted molar refractivity (Wildman–Crippen MR) is 275 cm³/mol. The Morgan fingerprint density at radius 3 is 1.97 bits per heavy atom. The zero-order valence-electron chi connectivity index (χ0n) is 36.4. The van der Waals surface area contributed by atoms with Crippen molar-refractivity contribution in [2.45, 2.75) is 30.6 Å². The van der Waals surface area contributed by atoms with Crippen LogP contribution in [0.4, 0.5) is 17.1 Å². The molecule has 0 saturated carbocycles. The number of hydrogen-bond donors (Lipinski definition) is 0. The SMILES string of the molecule is CC1C=CC=C2c3ccccc3C(c3ccccc3)(c3cccc4sc5cc(N(c6ccccc6)c6cccc7c6C6=C(C=CCC6)C7(c6ccccc6)c6ccccc6)ccc5c34)C21. The van der Waals surface area contributed by atoms with Crippen LogP contribution in [0, 0.1) is 11.8 Å². The molecule has 4 aliphatic rings. The van der Waals surface area contributed by atoms with E-state index in [1.807, 2.05) is 11.3 Å². The summed E-state index contributed by atoms with van der Waals surface area (Å²) in [6, 6.07) is 75.5. The van der Waals surface area contributed by atoms with Gasteiger partial charge in [-0.1, -0.05) is 201 Å². The van der Waals surface area contributed by atoms with Crippen LogP contribution < -0.4 is 4.90 Å². The number of allylic oxidation sites excluding steroid dienone is 8. The average molecular weight is 850 g/mol. The summed E-state index contributed by atoms with van der Waals surface area (Å²) >= 11 is 1.93. The first-order valence-corrected chi connectivity index (χ1v) is 24.0. The first kappa shape index (κ1) is 38.2. The smallest absolute Gasteiger partial charge is 0.0711 e. The second-order valence-corrected chi connectivity index (χ2v) is 19.3. The number of hydrogen-bond acceptors (Lipinski definition) is 2. The first-order valence-electron chi connectivity index (χ1n) is 23.2. The van der Waals surface area contributed by atoms with Crippen LogP contribution in [0.25, 0.3) is 31.3 Å². The molecular formula is C63H47NS. The van der Waals surface area contributed by atoms with Crippen molar-refractivity contribution in [3.8, 4) is 0 Å². The summed E-state index contributed by atoms with van der Waals surface area (Å²) in [6.07, 6.45) is 13.9. The summed E-state index contributed by atoms with van der Waals surface area (Å²) in [5, 5.41) is 2.68. The van der Waals surface area contributed by atoms with Crippen LogP contribution in [0.5, 0.6) is 0 Å². The molecule has 1 nitrogen and oxygen atoms in total. The molecule has 4 aliphatic carbocycles. The maximum absolute atomic E-state index is 2.53. The van der Waals surface area contributed by atoms with Gasteiger partial charge >= 0.3 is 0 Å². The molecule has 8 aromatic carbocycles. The molecule has 0 aliphatic heterocycles. The molecule has 3 atom stereocenters. The Morgan fingerprint density at radius 1 is 0.569 bits per heavy atom. The summed E-state index contributed by atoms with van der Waals surface area (Å²) in [7, 11) is 0. The Kier molecular flexibility index (Phi) is 8.77. The van der Waals surface area contributed by atoms with Crippen molar-refractivity contribution < 1.29 is 0 Å². The van der Waals surface area contributed by atoms with Crippen molar-refractivity contribution in [3.05, 3.63) is 281 Å². The van der Waals surface area contributed by atoms with Gasteiger partial charge < -0.3 is 4.90 Å². The van der Waals surface area contributed by atoms with E-state index in [2.05, 4.69) is 242 Å². The van der Waals surface area contributed by atoms with Crippen molar-refractivity contribution in [2.75, 3.05) is 4.90 Å². The zero-order chi connectivity index (χ0) is 43.1. The Morgan fingerprint density at radius 2 is 1.22 bits per heavy atom. The second-order valence-electron chi connectivity index (χ2n) is 18.2. The van der Waals surface area contributed by atoms with Gasteiger partial charge in [-0.05, 0) is 111 Å². The van der Waals surface area contributed by atoms with Crippen molar-refractivity contribution in [2.24, 2.45) is 11.8 Å². The molecule has 0 radical (unpaired) electrons. The molecule has 0 fully saturated rings. The lowest BCUT2D eigenvalue weighted by Crippen LogP contribution is -2.38. The average Bonchev–Trinajstić information content (AvgIpc) is 4.01. The van der Waals surface area contributed by atoms with Gasteiger partial charge in [-0.25, -0.2) is 0 Å². The molecular weight excluding hydrogens is 803 g/mol. The minimum absolute atomic E-state index is 0.258. The van der Waals surface area contributed by atoms with E-state index in [0.29, 0.717) is 5.92 Å². The van der Waals surface area contributed by atoms with Gasteiger partial charge in [0.25, 0.3) is 0 Å². The topological polar surface area (TPSA) is 3.24 Å². The van der Waals surface area contributed by atoms with Gasteiger partial charge in [0.2, 0.25) is 0 Å². The minimum atomic E-state index is -0.442. The molecule has 0 bridgehead atoms. The minimum Gasteiger partial charge on any atom is -0.310 e. The van der Waals surface area contributed by atoms with Gasteiger partial charge in [-0.15, -0.1) is 11.3 Å². The van der Waals surface area contributed by atoms with Crippen LogP contribution in [0.1, 0.15) is 64.3 Å². The fourth-order valence-electron chi connectivity index (χ4n) is 12.7. The number of nitrogens with zero attached hydrogens (tertiary/aromatic N) is 1. The third-order valence-electron chi connectivity index (χ3n) is 15.1. The fourth-order valence-corrected chi connectivity index (χ4v) is 13.9. The van der Waals surface area contributed by atoms with Crippen molar-refractivity contribution in [3.63, 3.8) is 0 Å². The molecule has 0 N–H and O–H groups in total. The summed E-state index contributed by atoms with van der Waals surface area (Å²) in [6.45, 7) is 2.42. The number of rotatable bonds is 7. The normalized spacial score (nSPS) is 20.0. The quantitative estimate of drug-likeness (QED) is 0.154. The lowest BCUT2D eigenvalue weighted by atomic mass is 9.60. The highest BCUT2D eigenvalue weighted by atomic mass is 32.1. The van der Waals surface area contributed by atoms with Crippen molar-refractivity contribution in [1.29, 1.82) is 0 Å². The van der Waals surface area contributed by atoms with E-state index in [4.69, 9.17) is 0 Å². The highest BCUT2D eigenvalue weighted by Gasteiger charge is 2.54. The highest BCUT2D eigenvalue weighted by molar-refractivity contribution is 7.25. The molecule has 9 aromatic rings. The van der Waals surface area contributed by atoms with Gasteiger partial charge in [0.15, 0.2) is 0 Å². The van der Waals surface area contributed by atoms with Gasteiger partial charge in [-0.3, -0.25) is 0 Å². The van der Waals surface area contributed by atoms with Crippen LogP contribution in [0.3, 0.4) is 0 Å². The van der Waals surface area contributed by atoms with E-state index in [1.165, 1.54) is 87.1 Å². The number of thiophene rings is 1. The molecule has 0 amide bonds. The lowest BCUT2D eigenvalue weighted by molar-refractivity contribution is 0.401. The van der Waals surface area contributed by atoms with E-state index >= 15 is 0 Å². The molecule has 65 heavy (non-hydrogen) atoms. The van der Waals surface area contributed by atoms with Crippen LogP contribution in [0.15, 0.2) is 236 Å². The maximum Gasteiger partial charge on any atom is 0.0711 e. The number of benzene rings is 8. The largest absolute Gasteiger partial charge is 0.310 e. The highest BCUT2D eigenvalue weighted by Crippen LogP contribution is 2.63. The number of fused-ring (bicyclic) bond motifs is 8. The predicted octanol–water partition coefficient (Wildman–Crippen LogP) is 16.5. The molecule has 1 heterocycles. The Hall–Kier alpha value is -7.26. The molecule has 2 heteroatoms. The summed E-state index contributed by atoms with van der Waals surface area (Å²) < 4.78 is 2.62. The van der Waals surface area contributed by atoms with E-state index in [9.17, 15) is 0 Å². The van der Waals surface area contributed by atoms with Crippen LogP contribution in [-0.4, -0.2) is 0 Å². The molecule has 1 aromatic heterocycles. The molecule has 310 valence electrons. The Balaban J connectivity index is 1.05. The molecule has 3 unspecified atom stereocenters. The van der Waals surface area contributed by atoms with E-state index in [0.717, 1.165) is 24.2 Å². The third kappa shape index (κ3) is 5.38. The van der Waals surface area contributed by atoms with E-state index < -0.39 is 5.41 Å². The standard InChI is InChI=1S/C63H47NS/c1-42-21-18-32-49-48-30-14-16-33-52(48)63(61(42)49,45-26-10-4-11-27-45)55-36-20-38-57-60(55)51-40-39-47(41-58(51)65-57)64(46-28-12-5-13-29-46)56-37-19-35-54-59(56)50-31-15-17-34-53(50)62(54,43-22-6-2-7-23-43)44-24-8-3-9-25-44/h2-14,16-30,32-42,61H,15,31H2,1H3. The lowest BCUT2D eigenvalue weighted by Gasteiger charge is -2.42. The summed E-state index contributed by atoms with van der Waals surface area (Å²) in [5.41, 5.74) is 17.8. The van der Waals surface area contributed by atoms with E-state index in [-0.39, 0.29) is 11.3 Å². The Bertz CT molecular complexity index is 3410. The number of anilines is 3. The van der Waals surface area contributed by atoms with Crippen LogP contribution in [0.2, 0.25) is 0 Å². The van der Waals surface area contributed by atoms with Gasteiger partial charge in [0.05, 0.1) is 16.5 Å². The zero-order valence-corrected chi connectivity index (χ0v) is 37.2. The van der Waals surface area contributed by atoms with E-state index in [1.54, 1.807) is 0 Å². The second kappa shape index (κ2) is 14.9. The number of para-hydroxylation sites is 1. The van der Waals surface area contributed by atoms with Crippen molar-refractivity contribution in [1.82, 2.24) is 0 Å². The first-order chi connectivity index (χ1) is 32.2. The molecule has 0 saturated heterocycles. The summed E-state index contributed by atoms with van der Waals surface area (Å²) in [4.78, 5) is 2.53. The fraction of sp³-hybridized carbons (Fsp3) is 0.111. The summed E-state index contributed by atoms with van der Waals surface area (Å²) in [5.74, 6) is 0.604. The van der Waals surface area contributed by atoms with Gasteiger partial charge in [0, 0.05) is 43.0 Å². The monoisotopic (exact) mass is 849 g/mol. The molecule has 13 rings (SSSR count). The Labute approximate surface area is 385 Å².